The molecule has 36 heavy (non-hydrogen) atoms. The number of halogens is 2. The first-order valence-electron chi connectivity index (χ1n) is 10.3. The van der Waals surface area contributed by atoms with E-state index in [-0.39, 0.29) is 0 Å². The summed E-state index contributed by atoms with van der Waals surface area (Å²) in [6.45, 7) is 0. The van der Waals surface area contributed by atoms with Crippen LogP contribution in [0.1, 0.15) is 11.1 Å². The second kappa shape index (κ2) is 9.66. The van der Waals surface area contributed by atoms with E-state index in [1.165, 1.54) is 22.7 Å². The number of rotatable bonds is 6. The molecule has 2 N–H and O–H groups in total. The first kappa shape index (κ1) is 22.6. The second-order valence-corrected chi connectivity index (χ2v) is 10.5. The number of thiophene rings is 2. The minimum atomic E-state index is 0.500. The number of nitrogens with one attached hydrogen (secondary N) is 2. The monoisotopic (exact) mass is 550 g/mol. The summed E-state index contributed by atoms with van der Waals surface area (Å²) in [4.78, 5) is 0. The van der Waals surface area contributed by atoms with E-state index in [1.54, 1.807) is 36.7 Å². The molecular weight excluding hydrogens is 539 g/mol. The minimum Gasteiger partial charge on any atom is -0.259 e. The molecule has 0 bridgehead atoms. The van der Waals surface area contributed by atoms with Crippen LogP contribution in [-0.4, -0.2) is 43.3 Å². The fourth-order valence-corrected chi connectivity index (χ4v) is 6.07. The predicted molar refractivity (Wildman–Crippen MR) is 147 cm³/mol. The number of anilines is 2. The lowest BCUT2D eigenvalue weighted by Crippen LogP contribution is -1.98. The Morgan fingerprint density at radius 3 is 1.53 bits per heavy atom. The summed E-state index contributed by atoms with van der Waals surface area (Å²) in [5.41, 5.74) is 9.03. The molecule has 10 nitrogen and oxygen atoms in total. The second-order valence-electron chi connectivity index (χ2n) is 7.34. The van der Waals surface area contributed by atoms with Crippen LogP contribution in [0.15, 0.2) is 58.7 Å². The Morgan fingerprint density at radius 1 is 0.639 bits per heavy atom. The SMILES string of the molecule is Clc1ccc(/C=N/Nc2nnnc3c2sc2sc4c(N/N=C/c5ccc(Cl)cc5)nnnc4c23)cc1. The maximum Gasteiger partial charge on any atom is 0.190 e. The van der Waals surface area contributed by atoms with Crippen molar-refractivity contribution in [3.8, 4) is 0 Å². The Labute approximate surface area is 220 Å². The van der Waals surface area contributed by atoms with Crippen molar-refractivity contribution in [1.29, 1.82) is 0 Å². The van der Waals surface area contributed by atoms with Gasteiger partial charge < -0.3 is 0 Å². The van der Waals surface area contributed by atoms with E-state index < -0.39 is 0 Å². The highest BCUT2D eigenvalue weighted by Gasteiger charge is 2.20. The van der Waals surface area contributed by atoms with Crippen LogP contribution in [0.3, 0.4) is 0 Å². The maximum absolute atomic E-state index is 5.93. The lowest BCUT2D eigenvalue weighted by Gasteiger charge is -2.00. The van der Waals surface area contributed by atoms with Crippen LogP contribution in [0.4, 0.5) is 11.6 Å². The number of hydrazone groups is 2. The summed E-state index contributed by atoms with van der Waals surface area (Å²) in [5.74, 6) is 0.999. The molecule has 0 atom stereocenters. The summed E-state index contributed by atoms with van der Waals surface area (Å²) < 4.78 is 2.62. The highest BCUT2D eigenvalue weighted by Crippen LogP contribution is 2.45. The van der Waals surface area contributed by atoms with Gasteiger partial charge in [0.2, 0.25) is 0 Å². The molecule has 0 aliphatic carbocycles. The zero-order valence-corrected chi connectivity index (χ0v) is 21.1. The number of aromatic nitrogens is 6. The molecular formula is C22H12Cl2N10S2. The van der Waals surface area contributed by atoms with Crippen molar-refractivity contribution in [1.82, 2.24) is 30.8 Å². The van der Waals surface area contributed by atoms with Crippen molar-refractivity contribution in [3.63, 3.8) is 0 Å². The van der Waals surface area contributed by atoms with Crippen molar-refractivity contribution in [2.75, 3.05) is 10.9 Å². The van der Waals surface area contributed by atoms with Gasteiger partial charge >= 0.3 is 0 Å². The lowest BCUT2D eigenvalue weighted by molar-refractivity contribution is 0.895. The standard InChI is InChI=1S/C22H12Cl2N10S2/c23-13-5-1-11(2-6-13)9-25-29-20-18-16(27-33-31-20)15-17-19(36-22(15)35-18)21(32-34-28-17)30-26-10-12-3-7-14(24)8-4-12/h1-10H,(H,27,29,31)(H,28,30,32)/b25-9+,26-10+. The van der Waals surface area contributed by atoms with Gasteiger partial charge in [-0.3, -0.25) is 10.9 Å². The molecule has 0 radical (unpaired) electrons. The van der Waals surface area contributed by atoms with E-state index in [9.17, 15) is 0 Å². The van der Waals surface area contributed by atoms with Crippen LogP contribution in [0, 0.1) is 0 Å². The van der Waals surface area contributed by atoms with Gasteiger partial charge in [0, 0.05) is 10.0 Å². The van der Waals surface area contributed by atoms with E-state index in [1.807, 2.05) is 24.3 Å². The number of nitrogens with zero attached hydrogens (tertiary/aromatic N) is 8. The Hall–Kier alpha value is -3.84. The molecule has 2 aromatic carbocycles. The molecule has 14 heteroatoms. The fourth-order valence-electron chi connectivity index (χ4n) is 3.34. The summed E-state index contributed by atoms with van der Waals surface area (Å²) in [7, 11) is 0. The Balaban J connectivity index is 1.31. The van der Waals surface area contributed by atoms with Gasteiger partial charge in [0.05, 0.1) is 21.8 Å². The third kappa shape index (κ3) is 4.42. The first-order valence-corrected chi connectivity index (χ1v) is 12.7. The number of hydrogen-bond acceptors (Lipinski definition) is 12. The van der Waals surface area contributed by atoms with E-state index in [2.05, 4.69) is 51.9 Å². The van der Waals surface area contributed by atoms with Gasteiger partial charge in [-0.2, -0.15) is 10.2 Å². The van der Waals surface area contributed by atoms with Crippen molar-refractivity contribution < 1.29 is 0 Å². The predicted octanol–water partition coefficient (Wildman–Crippen LogP) is 5.84. The van der Waals surface area contributed by atoms with E-state index in [4.69, 9.17) is 23.2 Å². The smallest absolute Gasteiger partial charge is 0.190 e. The zero-order valence-electron chi connectivity index (χ0n) is 17.9. The Kier molecular flexibility index (Phi) is 6.07. The molecule has 0 amide bonds. The molecule has 0 spiro atoms. The highest BCUT2D eigenvalue weighted by molar-refractivity contribution is 7.45. The van der Waals surface area contributed by atoms with Crippen molar-refractivity contribution in [3.05, 3.63) is 69.7 Å². The third-order valence-corrected chi connectivity index (χ3v) is 7.98. The molecule has 0 unspecified atom stereocenters. The summed E-state index contributed by atoms with van der Waals surface area (Å²) in [6, 6.07) is 14.7. The van der Waals surface area contributed by atoms with E-state index >= 15 is 0 Å². The Bertz CT molecular complexity index is 1640. The number of hydrogen-bond donors (Lipinski definition) is 2. The Morgan fingerprint density at radius 2 is 1.08 bits per heavy atom. The molecule has 6 rings (SSSR count). The minimum absolute atomic E-state index is 0.500. The highest BCUT2D eigenvalue weighted by atomic mass is 35.5. The maximum atomic E-state index is 5.93. The van der Waals surface area contributed by atoms with Gasteiger partial charge in [-0.1, -0.05) is 47.5 Å². The van der Waals surface area contributed by atoms with E-state index in [0.29, 0.717) is 32.7 Å². The van der Waals surface area contributed by atoms with Gasteiger partial charge in [0.15, 0.2) is 11.6 Å². The van der Waals surface area contributed by atoms with E-state index in [0.717, 1.165) is 29.9 Å². The lowest BCUT2D eigenvalue weighted by atomic mass is 10.2. The van der Waals surface area contributed by atoms with Gasteiger partial charge in [0.25, 0.3) is 0 Å². The average Bonchev–Trinajstić information content (AvgIpc) is 3.44. The van der Waals surface area contributed by atoms with Gasteiger partial charge in [-0.25, -0.2) is 0 Å². The van der Waals surface area contributed by atoms with Crippen LogP contribution < -0.4 is 10.9 Å². The summed E-state index contributed by atoms with van der Waals surface area (Å²) in [6.07, 6.45) is 3.35. The molecule has 4 aromatic heterocycles. The van der Waals surface area contributed by atoms with Crippen LogP contribution >= 0.6 is 45.9 Å². The van der Waals surface area contributed by atoms with Gasteiger partial charge in [-0.15, -0.1) is 43.1 Å². The van der Waals surface area contributed by atoms with Crippen LogP contribution in [0.5, 0.6) is 0 Å². The number of benzene rings is 2. The zero-order chi connectivity index (χ0) is 24.5. The molecule has 6 aromatic rings. The molecule has 0 aliphatic heterocycles. The van der Waals surface area contributed by atoms with Crippen LogP contribution in [-0.2, 0) is 0 Å². The van der Waals surface area contributed by atoms with Gasteiger partial charge in [-0.05, 0) is 45.8 Å². The molecule has 0 aliphatic rings. The molecule has 0 fully saturated rings. The molecule has 176 valence electrons. The normalized spacial score (nSPS) is 11.9. The van der Waals surface area contributed by atoms with Crippen LogP contribution in [0.25, 0.3) is 29.8 Å². The first-order chi connectivity index (χ1) is 17.7. The van der Waals surface area contributed by atoms with Crippen molar-refractivity contribution in [2.24, 2.45) is 10.2 Å². The molecule has 4 heterocycles. The van der Waals surface area contributed by atoms with Crippen molar-refractivity contribution in [2.45, 2.75) is 0 Å². The topological polar surface area (TPSA) is 126 Å². The number of fused-ring (bicyclic) bond motifs is 5. The molecule has 0 saturated heterocycles. The summed E-state index contributed by atoms with van der Waals surface area (Å²) >= 11 is 14.9. The van der Waals surface area contributed by atoms with Crippen molar-refractivity contribution >= 4 is 99.8 Å². The summed E-state index contributed by atoms with van der Waals surface area (Å²) in [5, 5.41) is 35.3. The third-order valence-electron chi connectivity index (χ3n) is 5.01. The average molecular weight is 551 g/mol. The largest absolute Gasteiger partial charge is 0.259 e. The fraction of sp³-hybridized carbons (Fsp3) is 0. The quantitative estimate of drug-likeness (QED) is 0.195. The van der Waals surface area contributed by atoms with Gasteiger partial charge in [0.1, 0.15) is 20.4 Å². The van der Waals surface area contributed by atoms with Crippen LogP contribution in [0.2, 0.25) is 10.0 Å². The molecule has 0 saturated carbocycles.